The van der Waals surface area contributed by atoms with Gasteiger partial charge < -0.3 is 9.30 Å². The molecule has 0 unspecified atom stereocenters. The molecule has 0 aliphatic carbocycles. The molecule has 7 heteroatoms. The number of hydrogen-bond acceptors (Lipinski definition) is 3. The van der Waals surface area contributed by atoms with E-state index in [0.717, 1.165) is 12.1 Å². The number of carbonyl (C=O) groups excluding carboxylic acids is 1. The van der Waals surface area contributed by atoms with E-state index in [1.165, 1.54) is 12.3 Å². The molecule has 130 valence electrons. The van der Waals surface area contributed by atoms with E-state index in [4.69, 9.17) is 4.74 Å². The van der Waals surface area contributed by atoms with Crippen molar-refractivity contribution >= 4 is 16.9 Å². The number of pyridine rings is 1. The third-order valence-electron chi connectivity index (χ3n) is 3.92. The summed E-state index contributed by atoms with van der Waals surface area (Å²) in [4.78, 5) is 24.5. The number of ether oxygens (including phenoxy) is 1. The van der Waals surface area contributed by atoms with Crippen molar-refractivity contribution < 1.29 is 22.7 Å². The lowest BCUT2D eigenvalue weighted by Gasteiger charge is -2.19. The van der Waals surface area contributed by atoms with Crippen LogP contribution in [0.2, 0.25) is 0 Å². The van der Waals surface area contributed by atoms with Crippen LogP contribution in [0.1, 0.15) is 49.2 Å². The first-order chi connectivity index (χ1) is 11.2. The maximum absolute atomic E-state index is 13.0. The first kappa shape index (κ1) is 18.0. The molecule has 0 amide bonds. The summed E-state index contributed by atoms with van der Waals surface area (Å²) in [7, 11) is 0. The highest BCUT2D eigenvalue weighted by Crippen LogP contribution is 2.31. The standard InChI is InChI=1S/C17H18F3NO3/c1-4-10(3)21-9-13(16(23)24-5-2)15(22)12-8-11(17(18,19)20)6-7-14(12)21/h6-10H,4-5H2,1-3H3/t10-/m1/s1. The van der Waals surface area contributed by atoms with Crippen molar-refractivity contribution in [1.82, 2.24) is 4.57 Å². The Labute approximate surface area is 136 Å². The lowest BCUT2D eigenvalue weighted by molar-refractivity contribution is -0.137. The molecule has 1 atom stereocenters. The molecule has 0 bridgehead atoms. The summed E-state index contributed by atoms with van der Waals surface area (Å²) < 4.78 is 45.3. The Morgan fingerprint density at radius 1 is 1.29 bits per heavy atom. The Bertz CT molecular complexity index is 824. The average Bonchev–Trinajstić information content (AvgIpc) is 2.53. The van der Waals surface area contributed by atoms with Crippen LogP contribution in [0.3, 0.4) is 0 Å². The second-order valence-corrected chi connectivity index (χ2v) is 5.49. The van der Waals surface area contributed by atoms with E-state index in [1.807, 2.05) is 13.8 Å². The van der Waals surface area contributed by atoms with Gasteiger partial charge in [-0.1, -0.05) is 6.92 Å². The zero-order chi connectivity index (χ0) is 18.1. The number of alkyl halides is 3. The van der Waals surface area contributed by atoms with Crippen molar-refractivity contribution in [3.05, 3.63) is 45.7 Å². The van der Waals surface area contributed by atoms with E-state index in [-0.39, 0.29) is 23.6 Å². The van der Waals surface area contributed by atoms with E-state index >= 15 is 0 Å². The third kappa shape index (κ3) is 3.29. The predicted molar refractivity (Wildman–Crippen MR) is 84.2 cm³/mol. The topological polar surface area (TPSA) is 48.3 Å². The van der Waals surface area contributed by atoms with Gasteiger partial charge >= 0.3 is 12.1 Å². The summed E-state index contributed by atoms with van der Waals surface area (Å²) >= 11 is 0. The number of aromatic nitrogens is 1. The summed E-state index contributed by atoms with van der Waals surface area (Å²) in [5, 5.41) is -0.143. The highest BCUT2D eigenvalue weighted by molar-refractivity contribution is 5.94. The SMILES string of the molecule is CCOC(=O)c1cn([C@H](C)CC)c2ccc(C(F)(F)F)cc2c1=O. The number of rotatable bonds is 4. The number of fused-ring (bicyclic) bond motifs is 1. The highest BCUT2D eigenvalue weighted by Gasteiger charge is 2.31. The van der Waals surface area contributed by atoms with Crippen molar-refractivity contribution in [3.8, 4) is 0 Å². The zero-order valence-corrected chi connectivity index (χ0v) is 13.6. The van der Waals surface area contributed by atoms with Crippen LogP contribution in [-0.2, 0) is 10.9 Å². The second-order valence-electron chi connectivity index (χ2n) is 5.49. The molecule has 2 rings (SSSR count). The van der Waals surface area contributed by atoms with Crippen molar-refractivity contribution in [2.45, 2.75) is 39.4 Å². The molecule has 0 N–H and O–H groups in total. The predicted octanol–water partition coefficient (Wildman–Crippen LogP) is 4.17. The van der Waals surface area contributed by atoms with Gasteiger partial charge in [0, 0.05) is 17.6 Å². The number of benzene rings is 1. The van der Waals surface area contributed by atoms with Crippen LogP contribution in [0.15, 0.2) is 29.2 Å². The van der Waals surface area contributed by atoms with Gasteiger partial charge in [0.1, 0.15) is 5.56 Å². The van der Waals surface area contributed by atoms with Gasteiger partial charge in [0.05, 0.1) is 17.7 Å². The third-order valence-corrected chi connectivity index (χ3v) is 3.92. The van der Waals surface area contributed by atoms with E-state index < -0.39 is 23.1 Å². The molecular weight excluding hydrogens is 323 g/mol. The van der Waals surface area contributed by atoms with E-state index in [0.29, 0.717) is 11.9 Å². The minimum atomic E-state index is -4.57. The van der Waals surface area contributed by atoms with Gasteiger partial charge in [-0.2, -0.15) is 13.2 Å². The molecule has 1 aromatic carbocycles. The fourth-order valence-corrected chi connectivity index (χ4v) is 2.45. The van der Waals surface area contributed by atoms with Crippen LogP contribution in [0, 0.1) is 0 Å². The quantitative estimate of drug-likeness (QED) is 0.784. The monoisotopic (exact) mass is 341 g/mol. The van der Waals surface area contributed by atoms with Gasteiger partial charge in [-0.15, -0.1) is 0 Å². The Kier molecular flexibility index (Phi) is 5.01. The zero-order valence-electron chi connectivity index (χ0n) is 13.6. The molecule has 0 radical (unpaired) electrons. The fourth-order valence-electron chi connectivity index (χ4n) is 2.45. The molecule has 0 spiro atoms. The van der Waals surface area contributed by atoms with Crippen LogP contribution in [0.25, 0.3) is 10.9 Å². The fraction of sp³-hybridized carbons (Fsp3) is 0.412. The Morgan fingerprint density at radius 2 is 1.96 bits per heavy atom. The molecule has 1 heterocycles. The molecule has 0 fully saturated rings. The molecular formula is C17H18F3NO3. The largest absolute Gasteiger partial charge is 0.462 e. The molecule has 0 saturated carbocycles. The molecule has 0 aliphatic heterocycles. The summed E-state index contributed by atoms with van der Waals surface area (Å²) in [5.41, 5.74) is -1.59. The van der Waals surface area contributed by atoms with Gasteiger partial charge in [0.15, 0.2) is 0 Å². The highest BCUT2D eigenvalue weighted by atomic mass is 19.4. The van der Waals surface area contributed by atoms with Gasteiger partial charge in [-0.05, 0) is 38.5 Å². The lowest BCUT2D eigenvalue weighted by atomic mass is 10.1. The van der Waals surface area contributed by atoms with Gasteiger partial charge in [0.2, 0.25) is 5.43 Å². The molecule has 4 nitrogen and oxygen atoms in total. The van der Waals surface area contributed by atoms with E-state index in [2.05, 4.69) is 0 Å². The number of nitrogens with zero attached hydrogens (tertiary/aromatic N) is 1. The average molecular weight is 341 g/mol. The molecule has 1 aromatic heterocycles. The lowest BCUT2D eigenvalue weighted by Crippen LogP contribution is -2.22. The number of carbonyl (C=O) groups is 1. The van der Waals surface area contributed by atoms with Crippen LogP contribution < -0.4 is 5.43 Å². The number of halogens is 3. The smallest absolute Gasteiger partial charge is 0.416 e. The summed E-state index contributed by atoms with van der Waals surface area (Å²) in [5.74, 6) is -0.834. The van der Waals surface area contributed by atoms with Crippen molar-refractivity contribution in [3.63, 3.8) is 0 Å². The van der Waals surface area contributed by atoms with Gasteiger partial charge in [-0.3, -0.25) is 4.79 Å². The van der Waals surface area contributed by atoms with Crippen LogP contribution in [-0.4, -0.2) is 17.1 Å². The minimum Gasteiger partial charge on any atom is -0.462 e. The maximum atomic E-state index is 13.0. The van der Waals surface area contributed by atoms with Gasteiger partial charge in [0.25, 0.3) is 0 Å². The Morgan fingerprint density at radius 3 is 2.50 bits per heavy atom. The molecule has 2 aromatic rings. The molecule has 24 heavy (non-hydrogen) atoms. The minimum absolute atomic E-state index is 0.0717. The first-order valence-corrected chi connectivity index (χ1v) is 7.63. The van der Waals surface area contributed by atoms with Crippen LogP contribution in [0.4, 0.5) is 13.2 Å². The summed E-state index contributed by atoms with van der Waals surface area (Å²) in [6.07, 6.45) is -2.52. The second kappa shape index (κ2) is 6.67. The Balaban J connectivity index is 2.83. The van der Waals surface area contributed by atoms with E-state index in [1.54, 1.807) is 11.5 Å². The maximum Gasteiger partial charge on any atom is 0.416 e. The first-order valence-electron chi connectivity index (χ1n) is 7.63. The van der Waals surface area contributed by atoms with Crippen molar-refractivity contribution in [2.24, 2.45) is 0 Å². The molecule has 0 saturated heterocycles. The van der Waals surface area contributed by atoms with Crippen molar-refractivity contribution in [1.29, 1.82) is 0 Å². The Hall–Kier alpha value is -2.31. The number of hydrogen-bond donors (Lipinski definition) is 0. The summed E-state index contributed by atoms with van der Waals surface area (Å²) in [6.45, 7) is 5.43. The van der Waals surface area contributed by atoms with Crippen molar-refractivity contribution in [2.75, 3.05) is 6.61 Å². The normalized spacial score (nSPS) is 13.1. The molecule has 0 aliphatic rings. The van der Waals surface area contributed by atoms with Gasteiger partial charge in [-0.25, -0.2) is 4.79 Å². The summed E-state index contributed by atoms with van der Waals surface area (Å²) in [6, 6.07) is 2.89. The van der Waals surface area contributed by atoms with Crippen LogP contribution in [0.5, 0.6) is 0 Å². The number of esters is 1. The van der Waals surface area contributed by atoms with E-state index in [9.17, 15) is 22.8 Å². The van der Waals surface area contributed by atoms with Crippen LogP contribution >= 0.6 is 0 Å².